The van der Waals surface area contributed by atoms with E-state index >= 15 is 0 Å². The number of amides is 4. The number of piperidine rings is 1. The van der Waals surface area contributed by atoms with Crippen molar-refractivity contribution in [2.75, 3.05) is 20.2 Å². The zero-order chi connectivity index (χ0) is 29.4. The summed E-state index contributed by atoms with van der Waals surface area (Å²) in [4.78, 5) is 72.1. The van der Waals surface area contributed by atoms with Crippen LogP contribution in [0.3, 0.4) is 0 Å². The first-order chi connectivity index (χ1) is 19.8. The Hall–Kier alpha value is -3.89. The number of aromatic nitrogens is 1. The number of carbonyl (C=O) groups excluding carboxylic acids is 5. The Bertz CT molecular complexity index is 1270. The van der Waals surface area contributed by atoms with Crippen molar-refractivity contribution in [1.82, 2.24) is 25.6 Å². The van der Waals surface area contributed by atoms with Gasteiger partial charge in [0, 0.05) is 37.4 Å². The fourth-order valence-corrected chi connectivity index (χ4v) is 5.68. The minimum absolute atomic E-state index is 0.161. The zero-order valence-electron chi connectivity index (χ0n) is 23.9. The summed E-state index contributed by atoms with van der Waals surface area (Å²) in [7, 11) is 1.55. The molecule has 222 valence electrons. The van der Waals surface area contributed by atoms with E-state index < -0.39 is 29.9 Å². The normalized spacial score (nSPS) is 22.2. The topological polar surface area (TPSA) is 139 Å². The molecule has 3 N–H and O–H groups in total. The molecule has 11 nitrogen and oxygen atoms in total. The Morgan fingerprint density at radius 2 is 1.76 bits per heavy atom. The minimum Gasteiger partial charge on any atom is -0.417 e. The third kappa shape index (κ3) is 7.45. The quantitative estimate of drug-likeness (QED) is 0.373. The number of para-hydroxylation sites is 1. The van der Waals surface area contributed by atoms with Crippen LogP contribution in [0.5, 0.6) is 0 Å². The molecule has 2 aromatic rings. The summed E-state index contributed by atoms with van der Waals surface area (Å²) in [6.07, 6.45) is 7.45. The molecule has 0 bridgehead atoms. The molecule has 2 fully saturated rings. The van der Waals surface area contributed by atoms with Gasteiger partial charge in [-0.2, -0.15) is 4.73 Å². The fraction of sp³-hybridized carbons (Fsp3) is 0.567. The molecule has 3 unspecified atom stereocenters. The number of rotatable bonds is 10. The van der Waals surface area contributed by atoms with E-state index in [1.807, 2.05) is 31.2 Å². The van der Waals surface area contributed by atoms with Gasteiger partial charge >= 0.3 is 0 Å². The van der Waals surface area contributed by atoms with Crippen LogP contribution in [0.25, 0.3) is 10.9 Å². The molecular weight excluding hydrogens is 526 g/mol. The van der Waals surface area contributed by atoms with Gasteiger partial charge < -0.3 is 25.7 Å². The van der Waals surface area contributed by atoms with E-state index in [0.717, 1.165) is 35.7 Å². The lowest BCUT2D eigenvalue weighted by Gasteiger charge is -2.36. The van der Waals surface area contributed by atoms with Crippen LogP contribution < -0.4 is 20.8 Å². The van der Waals surface area contributed by atoms with Gasteiger partial charge in [0.2, 0.25) is 23.6 Å². The van der Waals surface area contributed by atoms with Gasteiger partial charge in [-0.1, -0.05) is 38.0 Å². The van der Waals surface area contributed by atoms with Crippen molar-refractivity contribution in [2.24, 2.45) is 0 Å². The smallest absolute Gasteiger partial charge is 0.243 e. The molecule has 3 heterocycles. The molecular formula is C30H41N5O6. The van der Waals surface area contributed by atoms with E-state index in [1.54, 1.807) is 18.0 Å². The van der Waals surface area contributed by atoms with Crippen LogP contribution >= 0.6 is 0 Å². The Balaban J connectivity index is 1.57. The number of unbranched alkanes of at least 4 members (excludes halogenated alkanes) is 2. The summed E-state index contributed by atoms with van der Waals surface area (Å²) in [6, 6.07) is 5.05. The maximum atomic E-state index is 13.6. The molecule has 1 aromatic carbocycles. The number of hydrogen-bond donors (Lipinski definition) is 3. The van der Waals surface area contributed by atoms with Crippen LogP contribution in [0, 0.1) is 0 Å². The molecule has 4 amide bonds. The van der Waals surface area contributed by atoms with Gasteiger partial charge in [-0.25, -0.2) is 0 Å². The molecule has 0 spiro atoms. The highest BCUT2D eigenvalue weighted by Crippen LogP contribution is 2.23. The number of benzene rings is 1. The average molecular weight is 568 g/mol. The van der Waals surface area contributed by atoms with E-state index in [2.05, 4.69) is 16.0 Å². The van der Waals surface area contributed by atoms with Gasteiger partial charge in [0.25, 0.3) is 0 Å². The highest BCUT2D eigenvalue weighted by molar-refractivity contribution is 5.97. The van der Waals surface area contributed by atoms with Crippen LogP contribution in [0.4, 0.5) is 0 Å². The van der Waals surface area contributed by atoms with Gasteiger partial charge in [0.05, 0.1) is 12.1 Å². The summed E-state index contributed by atoms with van der Waals surface area (Å²) in [5.41, 5.74) is 1.61. The molecule has 4 rings (SSSR count). The number of fused-ring (bicyclic) bond motifs is 2. The lowest BCUT2D eigenvalue weighted by atomic mass is 9.98. The van der Waals surface area contributed by atoms with Crippen molar-refractivity contribution in [2.45, 2.75) is 89.3 Å². The number of carbonyl (C=O) groups is 5. The summed E-state index contributed by atoms with van der Waals surface area (Å²) in [5.74, 6) is -1.40. The minimum atomic E-state index is -0.982. The van der Waals surface area contributed by atoms with E-state index in [-0.39, 0.29) is 30.6 Å². The number of ketones is 1. The first kappa shape index (κ1) is 30.1. The molecule has 11 heteroatoms. The third-order valence-electron chi connectivity index (χ3n) is 8.03. The summed E-state index contributed by atoms with van der Waals surface area (Å²) in [5, 5.41) is 9.32. The molecule has 41 heavy (non-hydrogen) atoms. The highest BCUT2D eigenvalue weighted by Gasteiger charge is 2.36. The molecule has 0 aliphatic carbocycles. The van der Waals surface area contributed by atoms with Gasteiger partial charge in [0.15, 0.2) is 0 Å². The Labute approximate surface area is 240 Å². The summed E-state index contributed by atoms with van der Waals surface area (Å²) >= 11 is 0. The molecule has 2 saturated heterocycles. The van der Waals surface area contributed by atoms with Crippen LogP contribution in [-0.2, 0) is 30.4 Å². The Morgan fingerprint density at radius 1 is 0.976 bits per heavy atom. The predicted octanol–water partition coefficient (Wildman–Crippen LogP) is 1.65. The van der Waals surface area contributed by atoms with Crippen molar-refractivity contribution >= 4 is 40.3 Å². The van der Waals surface area contributed by atoms with E-state index in [0.29, 0.717) is 45.1 Å². The maximum Gasteiger partial charge on any atom is 0.243 e. The lowest BCUT2D eigenvalue weighted by Crippen LogP contribution is -2.61. The van der Waals surface area contributed by atoms with Gasteiger partial charge in [0.1, 0.15) is 31.0 Å². The highest BCUT2D eigenvalue weighted by atomic mass is 16.6. The van der Waals surface area contributed by atoms with Crippen molar-refractivity contribution in [3.8, 4) is 0 Å². The van der Waals surface area contributed by atoms with Crippen LogP contribution in [0.2, 0.25) is 0 Å². The second-order valence-corrected chi connectivity index (χ2v) is 10.8. The Morgan fingerprint density at radius 3 is 2.54 bits per heavy atom. The van der Waals surface area contributed by atoms with Gasteiger partial charge in [-0.15, -0.1) is 0 Å². The molecule has 2 aliphatic heterocycles. The van der Waals surface area contributed by atoms with Crippen LogP contribution in [0.1, 0.15) is 70.3 Å². The van der Waals surface area contributed by atoms with Crippen molar-refractivity contribution in [1.29, 1.82) is 0 Å². The van der Waals surface area contributed by atoms with E-state index in [1.165, 1.54) is 4.90 Å². The molecule has 1 aromatic heterocycles. The summed E-state index contributed by atoms with van der Waals surface area (Å²) < 4.78 is 1.60. The molecule has 0 radical (unpaired) electrons. The molecule has 0 saturated carbocycles. The van der Waals surface area contributed by atoms with Crippen molar-refractivity contribution in [3.63, 3.8) is 0 Å². The number of Topliss-reactive ketones (excluding diaryl/α,β-unsaturated/α-hetero) is 1. The first-order valence-electron chi connectivity index (χ1n) is 14.7. The number of nitrogens with one attached hydrogen (secondary N) is 3. The largest absolute Gasteiger partial charge is 0.417 e. The van der Waals surface area contributed by atoms with Crippen LogP contribution in [-0.4, -0.2) is 77.4 Å². The molecule has 3 atom stereocenters. The monoisotopic (exact) mass is 567 g/mol. The van der Waals surface area contributed by atoms with E-state index in [4.69, 9.17) is 4.84 Å². The standard InChI is InChI=1S/C30H41N5O6/c1-3-21(36)11-5-4-6-13-23-29(39)33-24(17-20-19-35(41-2)25-14-8-7-12-22(20)25)28(38)31-18-27(37)34-16-10-9-15-26(34)30(40)32-23/h7-8,12,14,19,23-24,26H,3-6,9-11,13,15-18H2,1-2H3,(H,31,38)(H,32,40)(H,33,39). The molecule has 2 aliphatic rings. The van der Waals surface area contributed by atoms with Crippen LogP contribution in [0.15, 0.2) is 30.5 Å². The average Bonchev–Trinajstić information content (AvgIpc) is 3.35. The second kappa shape index (κ2) is 14.1. The van der Waals surface area contributed by atoms with Gasteiger partial charge in [-0.3, -0.25) is 24.0 Å². The fourth-order valence-electron chi connectivity index (χ4n) is 5.68. The third-order valence-corrected chi connectivity index (χ3v) is 8.03. The zero-order valence-corrected chi connectivity index (χ0v) is 23.9. The Kier molecular flexibility index (Phi) is 10.4. The first-order valence-corrected chi connectivity index (χ1v) is 14.7. The summed E-state index contributed by atoms with van der Waals surface area (Å²) in [6.45, 7) is 2.01. The van der Waals surface area contributed by atoms with E-state index in [9.17, 15) is 24.0 Å². The second-order valence-electron chi connectivity index (χ2n) is 10.8. The number of hydrogen-bond acceptors (Lipinski definition) is 6. The predicted molar refractivity (Wildman–Crippen MR) is 153 cm³/mol. The number of nitrogens with zero attached hydrogens (tertiary/aromatic N) is 2. The van der Waals surface area contributed by atoms with Gasteiger partial charge in [-0.05, 0) is 43.7 Å². The lowest BCUT2D eigenvalue weighted by molar-refractivity contribution is -0.144. The van der Waals surface area contributed by atoms with Crippen molar-refractivity contribution in [3.05, 3.63) is 36.0 Å². The maximum absolute atomic E-state index is 13.6. The van der Waals surface area contributed by atoms with Crippen molar-refractivity contribution < 1.29 is 28.8 Å². The SMILES string of the molecule is CCC(=O)CCCCCC1NC(=O)C2CCCCN2C(=O)CNC(=O)C(Cc2cn(OC)c3ccccc23)NC1=O.